The quantitative estimate of drug-likeness (QED) is 0.398. The number of halogens is 4. The molecule has 0 amide bonds. The van der Waals surface area contributed by atoms with Gasteiger partial charge in [0.15, 0.2) is 5.78 Å². The highest BCUT2D eigenvalue weighted by atomic mass is 35.5. The van der Waals surface area contributed by atoms with Crippen LogP contribution in [0.15, 0.2) is 23.1 Å². The van der Waals surface area contributed by atoms with Crippen molar-refractivity contribution in [2.75, 3.05) is 5.73 Å². The maximum Gasteiger partial charge on any atom is 0.446 e. The maximum absolute atomic E-state index is 12.3. The van der Waals surface area contributed by atoms with Gasteiger partial charge in [-0.3, -0.25) is 4.79 Å². The largest absolute Gasteiger partial charge is 0.446 e. The van der Waals surface area contributed by atoms with Crippen LogP contribution in [0.1, 0.15) is 17.3 Å². The zero-order valence-electron chi connectivity index (χ0n) is 8.72. The first-order valence-electron chi connectivity index (χ1n) is 4.55. The highest BCUT2D eigenvalue weighted by Crippen LogP contribution is 2.41. The zero-order chi connectivity index (χ0) is 13.2. The van der Waals surface area contributed by atoms with Gasteiger partial charge in [-0.1, -0.05) is 12.1 Å². The summed E-state index contributed by atoms with van der Waals surface area (Å²) in [6.45, 7) is 1.40. The molecule has 0 bridgehead atoms. The number of alkyl halides is 4. The molecular formula is C10H9ClF3NOS. The lowest BCUT2D eigenvalue weighted by Crippen LogP contribution is -2.14. The summed E-state index contributed by atoms with van der Waals surface area (Å²) in [6.07, 6.45) is 0. The lowest BCUT2D eigenvalue weighted by atomic mass is 10.1. The van der Waals surface area contributed by atoms with Gasteiger partial charge in [-0.05, 0) is 24.8 Å². The molecule has 1 atom stereocenters. The van der Waals surface area contributed by atoms with Gasteiger partial charge in [-0.25, -0.2) is 0 Å². The number of Topliss-reactive ketones (excluding diaryl/α,β-unsaturated/α-hetero) is 1. The van der Waals surface area contributed by atoms with Crippen LogP contribution in [0, 0.1) is 0 Å². The molecule has 0 aromatic heterocycles. The van der Waals surface area contributed by atoms with Crippen molar-refractivity contribution in [2.24, 2.45) is 0 Å². The fourth-order valence-corrected chi connectivity index (χ4v) is 2.01. The number of nitrogens with two attached hydrogens (primary N) is 1. The van der Waals surface area contributed by atoms with E-state index in [9.17, 15) is 18.0 Å². The smallest absolute Gasteiger partial charge is 0.398 e. The minimum absolute atomic E-state index is 0.0875. The van der Waals surface area contributed by atoms with Crippen molar-refractivity contribution in [3.8, 4) is 0 Å². The highest BCUT2D eigenvalue weighted by Gasteiger charge is 2.33. The van der Waals surface area contributed by atoms with Crippen LogP contribution in [0.3, 0.4) is 0 Å². The van der Waals surface area contributed by atoms with Crippen molar-refractivity contribution in [3.05, 3.63) is 23.8 Å². The van der Waals surface area contributed by atoms with Gasteiger partial charge in [-0.2, -0.15) is 13.2 Å². The van der Waals surface area contributed by atoms with E-state index in [2.05, 4.69) is 0 Å². The monoisotopic (exact) mass is 283 g/mol. The number of rotatable bonds is 3. The molecule has 0 aliphatic carbocycles. The van der Waals surface area contributed by atoms with Crippen molar-refractivity contribution in [1.82, 2.24) is 0 Å². The maximum atomic E-state index is 12.3. The molecule has 0 spiro atoms. The third-order valence-electron chi connectivity index (χ3n) is 1.89. The Morgan fingerprint density at radius 1 is 1.47 bits per heavy atom. The van der Waals surface area contributed by atoms with Gasteiger partial charge in [0, 0.05) is 16.1 Å². The Bertz CT molecular complexity index is 434. The van der Waals surface area contributed by atoms with Crippen LogP contribution in [0.4, 0.5) is 18.9 Å². The first-order chi connectivity index (χ1) is 7.72. The molecule has 17 heavy (non-hydrogen) atoms. The summed E-state index contributed by atoms with van der Waals surface area (Å²) in [5.41, 5.74) is 0.761. The number of anilines is 1. The van der Waals surface area contributed by atoms with Crippen LogP contribution in [0.25, 0.3) is 0 Å². The molecule has 1 aromatic rings. The second-order valence-corrected chi connectivity index (χ2v) is 4.98. The summed E-state index contributed by atoms with van der Waals surface area (Å²) >= 11 is 5.17. The van der Waals surface area contributed by atoms with E-state index in [1.165, 1.54) is 25.1 Å². The van der Waals surface area contributed by atoms with Crippen LogP contribution >= 0.6 is 23.4 Å². The summed E-state index contributed by atoms with van der Waals surface area (Å²) < 4.78 is 37.0. The lowest BCUT2D eigenvalue weighted by Gasteiger charge is -2.13. The van der Waals surface area contributed by atoms with Gasteiger partial charge in [0.25, 0.3) is 0 Å². The molecule has 7 heteroatoms. The van der Waals surface area contributed by atoms with E-state index in [0.717, 1.165) is 0 Å². The normalized spacial score (nSPS) is 13.5. The Morgan fingerprint density at radius 3 is 2.53 bits per heavy atom. The van der Waals surface area contributed by atoms with Gasteiger partial charge >= 0.3 is 5.51 Å². The molecule has 1 aromatic carbocycles. The number of carbonyl (C=O) groups is 1. The van der Waals surface area contributed by atoms with Gasteiger partial charge in [0.2, 0.25) is 0 Å². The molecule has 2 nitrogen and oxygen atoms in total. The molecule has 0 saturated heterocycles. The lowest BCUT2D eigenvalue weighted by molar-refractivity contribution is -0.0328. The fourth-order valence-electron chi connectivity index (χ4n) is 1.19. The van der Waals surface area contributed by atoms with Crippen molar-refractivity contribution in [2.45, 2.75) is 22.7 Å². The van der Waals surface area contributed by atoms with Crippen LogP contribution < -0.4 is 5.73 Å². The van der Waals surface area contributed by atoms with E-state index >= 15 is 0 Å². The number of thioether (sulfide) groups is 1. The molecule has 0 aliphatic heterocycles. The summed E-state index contributed by atoms with van der Waals surface area (Å²) in [5, 5.41) is -0.899. The second kappa shape index (κ2) is 5.18. The second-order valence-electron chi connectivity index (χ2n) is 3.25. The molecular weight excluding hydrogens is 275 g/mol. The van der Waals surface area contributed by atoms with Crippen molar-refractivity contribution in [1.29, 1.82) is 0 Å². The van der Waals surface area contributed by atoms with E-state index < -0.39 is 28.4 Å². The molecule has 1 unspecified atom stereocenters. The average Bonchev–Trinajstić information content (AvgIpc) is 2.18. The summed E-state index contributed by atoms with van der Waals surface area (Å²) in [6, 6.07) is 4.01. The molecule has 94 valence electrons. The first kappa shape index (κ1) is 14.2. The van der Waals surface area contributed by atoms with Crippen LogP contribution in [-0.2, 0) is 0 Å². The van der Waals surface area contributed by atoms with E-state index in [-0.39, 0.29) is 16.1 Å². The first-order valence-corrected chi connectivity index (χ1v) is 5.80. The average molecular weight is 284 g/mol. The van der Waals surface area contributed by atoms with Gasteiger partial charge in [0.1, 0.15) is 0 Å². The number of hydrogen-bond acceptors (Lipinski definition) is 3. The van der Waals surface area contributed by atoms with Crippen molar-refractivity contribution >= 4 is 34.8 Å². The van der Waals surface area contributed by atoms with Crippen LogP contribution in [0.2, 0.25) is 0 Å². The molecule has 0 aliphatic rings. The number of nitrogen functional groups attached to an aromatic ring is 1. The predicted molar refractivity (Wildman–Crippen MR) is 62.4 cm³/mol. The Balaban J connectivity index is 3.22. The Kier molecular flexibility index (Phi) is 4.32. The van der Waals surface area contributed by atoms with E-state index in [1.54, 1.807) is 0 Å². The number of carbonyl (C=O) groups excluding carboxylic acids is 1. The van der Waals surface area contributed by atoms with E-state index in [4.69, 9.17) is 17.3 Å². The molecule has 0 fully saturated rings. The topological polar surface area (TPSA) is 43.1 Å². The van der Waals surface area contributed by atoms with Crippen LogP contribution in [-0.4, -0.2) is 16.7 Å². The molecule has 0 radical (unpaired) electrons. The summed E-state index contributed by atoms with van der Waals surface area (Å²) in [7, 11) is 0. The van der Waals surface area contributed by atoms with E-state index in [1.807, 2.05) is 0 Å². The predicted octanol–water partition coefficient (Wildman–Crippen LogP) is 3.69. The van der Waals surface area contributed by atoms with Crippen LogP contribution in [0.5, 0.6) is 0 Å². The van der Waals surface area contributed by atoms with Gasteiger partial charge in [-0.15, -0.1) is 11.6 Å². The summed E-state index contributed by atoms with van der Waals surface area (Å²) in [5.74, 6) is -0.578. The minimum atomic E-state index is -4.50. The van der Waals surface area contributed by atoms with Gasteiger partial charge < -0.3 is 5.73 Å². The third-order valence-corrected chi connectivity index (χ3v) is 2.98. The standard InChI is InChI=1S/C10H9ClF3NOS/c1-5(11)8(16)6-3-2-4-7(15)9(6)17-10(12,13)14/h2-5H,15H2,1H3. The van der Waals surface area contributed by atoms with Crippen molar-refractivity contribution in [3.63, 3.8) is 0 Å². The molecule has 0 heterocycles. The molecule has 1 rings (SSSR count). The van der Waals surface area contributed by atoms with Gasteiger partial charge in [0.05, 0.1) is 5.38 Å². The Labute approximate surface area is 105 Å². The molecule has 0 saturated carbocycles. The fraction of sp³-hybridized carbons (Fsp3) is 0.300. The number of hydrogen-bond donors (Lipinski definition) is 1. The minimum Gasteiger partial charge on any atom is -0.398 e. The number of benzene rings is 1. The van der Waals surface area contributed by atoms with Crippen molar-refractivity contribution < 1.29 is 18.0 Å². The number of ketones is 1. The third kappa shape index (κ3) is 3.81. The summed E-state index contributed by atoms with van der Waals surface area (Å²) in [4.78, 5) is 11.3. The zero-order valence-corrected chi connectivity index (χ0v) is 10.3. The molecule has 2 N–H and O–H groups in total. The Morgan fingerprint density at radius 2 is 2.06 bits per heavy atom. The van der Waals surface area contributed by atoms with E-state index in [0.29, 0.717) is 0 Å². The Hall–Kier alpha value is -0.880. The highest BCUT2D eigenvalue weighted by molar-refractivity contribution is 8.00. The SMILES string of the molecule is CC(Cl)C(=O)c1cccc(N)c1SC(F)(F)F.